The van der Waals surface area contributed by atoms with E-state index < -0.39 is 34.0 Å². The van der Waals surface area contributed by atoms with Crippen molar-refractivity contribution in [1.29, 1.82) is 0 Å². The summed E-state index contributed by atoms with van der Waals surface area (Å²) >= 11 is 5.87. The van der Waals surface area contributed by atoms with Crippen LogP contribution in [0.25, 0.3) is 0 Å². The van der Waals surface area contributed by atoms with Gasteiger partial charge >= 0.3 is 6.18 Å². The van der Waals surface area contributed by atoms with Gasteiger partial charge in [0.15, 0.2) is 0 Å². The highest BCUT2D eigenvalue weighted by Crippen LogP contribution is 2.43. The zero-order chi connectivity index (χ0) is 23.0. The molecule has 0 unspecified atom stereocenters. The Labute approximate surface area is 185 Å². The highest BCUT2D eigenvalue weighted by molar-refractivity contribution is 6.32. The molecule has 32 heavy (non-hydrogen) atoms. The standard InChI is InChI=1S/C23H17ClF4N2O2/c24-20-11-18(22(32)30-16-5-6-29-21(31)10-16)14(8-19(20)23(26,27)28)7-13-3-4-15(25)9-17(13)12-1-2-12/h3-6,8-12H,1-2,7H2,(H2,29,30,31,32). The fraction of sp³-hybridized carbons (Fsp3) is 0.217. The molecule has 0 radical (unpaired) electrons. The number of aromatic amines is 1. The molecule has 9 heteroatoms. The lowest BCUT2D eigenvalue weighted by molar-refractivity contribution is -0.137. The van der Waals surface area contributed by atoms with E-state index in [2.05, 4.69) is 10.3 Å². The van der Waals surface area contributed by atoms with E-state index in [1.165, 1.54) is 30.5 Å². The van der Waals surface area contributed by atoms with E-state index in [4.69, 9.17) is 11.6 Å². The van der Waals surface area contributed by atoms with Gasteiger partial charge in [0.25, 0.3) is 5.91 Å². The molecule has 0 saturated heterocycles. The van der Waals surface area contributed by atoms with E-state index in [0.717, 1.165) is 36.6 Å². The summed E-state index contributed by atoms with van der Waals surface area (Å²) < 4.78 is 54.2. The molecule has 3 aromatic rings. The highest BCUT2D eigenvalue weighted by atomic mass is 35.5. The summed E-state index contributed by atoms with van der Waals surface area (Å²) in [6.07, 6.45) is -1.64. The first-order valence-corrected chi connectivity index (χ1v) is 10.2. The van der Waals surface area contributed by atoms with Gasteiger partial charge in [-0.05, 0) is 72.2 Å². The van der Waals surface area contributed by atoms with Crippen molar-refractivity contribution in [1.82, 2.24) is 4.98 Å². The third-order valence-corrected chi connectivity index (χ3v) is 5.59. The summed E-state index contributed by atoms with van der Waals surface area (Å²) in [6.45, 7) is 0. The molecule has 4 rings (SSSR count). The molecule has 166 valence electrons. The lowest BCUT2D eigenvalue weighted by atomic mass is 9.92. The van der Waals surface area contributed by atoms with Gasteiger partial charge in [0, 0.05) is 23.5 Å². The van der Waals surface area contributed by atoms with Crippen LogP contribution in [0.4, 0.5) is 23.2 Å². The zero-order valence-corrected chi connectivity index (χ0v) is 17.3. The van der Waals surface area contributed by atoms with Crippen molar-refractivity contribution >= 4 is 23.2 Å². The Morgan fingerprint density at radius 1 is 1.09 bits per heavy atom. The maximum absolute atomic E-state index is 13.8. The van der Waals surface area contributed by atoms with Crippen molar-refractivity contribution in [2.75, 3.05) is 5.32 Å². The second-order valence-electron chi connectivity index (χ2n) is 7.68. The average Bonchev–Trinajstić information content (AvgIpc) is 3.54. The van der Waals surface area contributed by atoms with Gasteiger partial charge in [0.1, 0.15) is 5.82 Å². The topological polar surface area (TPSA) is 62.0 Å². The van der Waals surface area contributed by atoms with Crippen LogP contribution in [0.1, 0.15) is 51.4 Å². The third-order valence-electron chi connectivity index (χ3n) is 5.28. The number of pyridine rings is 1. The number of aromatic nitrogens is 1. The van der Waals surface area contributed by atoms with Crippen LogP contribution in [0, 0.1) is 5.82 Å². The van der Waals surface area contributed by atoms with Crippen LogP contribution in [0.15, 0.2) is 53.5 Å². The van der Waals surface area contributed by atoms with Crippen molar-refractivity contribution in [3.63, 3.8) is 0 Å². The molecule has 2 N–H and O–H groups in total. The fourth-order valence-electron chi connectivity index (χ4n) is 3.62. The fourth-order valence-corrected chi connectivity index (χ4v) is 3.89. The van der Waals surface area contributed by atoms with Crippen LogP contribution < -0.4 is 10.9 Å². The largest absolute Gasteiger partial charge is 0.417 e. The maximum Gasteiger partial charge on any atom is 0.417 e. The van der Waals surface area contributed by atoms with Gasteiger partial charge in [-0.15, -0.1) is 0 Å². The van der Waals surface area contributed by atoms with Gasteiger partial charge in [0.2, 0.25) is 5.56 Å². The second-order valence-corrected chi connectivity index (χ2v) is 8.08. The number of rotatable bonds is 5. The summed E-state index contributed by atoms with van der Waals surface area (Å²) in [5.74, 6) is -0.977. The monoisotopic (exact) mass is 464 g/mol. The minimum absolute atomic E-state index is 0.00944. The summed E-state index contributed by atoms with van der Waals surface area (Å²) in [4.78, 5) is 26.8. The molecule has 1 fully saturated rings. The van der Waals surface area contributed by atoms with Gasteiger partial charge in [0.05, 0.1) is 10.6 Å². The predicted molar refractivity (Wildman–Crippen MR) is 113 cm³/mol. The number of amides is 1. The van der Waals surface area contributed by atoms with Crippen LogP contribution >= 0.6 is 11.6 Å². The van der Waals surface area contributed by atoms with E-state index in [1.807, 2.05) is 0 Å². The molecular weight excluding hydrogens is 448 g/mol. The second kappa shape index (κ2) is 8.43. The molecule has 2 aromatic carbocycles. The molecule has 1 saturated carbocycles. The smallest absolute Gasteiger partial charge is 0.329 e. The molecule has 1 aliphatic rings. The van der Waals surface area contributed by atoms with Gasteiger partial charge in [-0.2, -0.15) is 13.2 Å². The molecule has 1 amide bonds. The first-order valence-electron chi connectivity index (χ1n) is 9.80. The molecular formula is C23H17ClF4N2O2. The van der Waals surface area contributed by atoms with Crippen LogP contribution in [-0.4, -0.2) is 10.9 Å². The van der Waals surface area contributed by atoms with E-state index in [1.54, 1.807) is 0 Å². The number of nitrogens with one attached hydrogen (secondary N) is 2. The Kier molecular flexibility index (Phi) is 5.81. The molecule has 1 aliphatic carbocycles. The first kappa shape index (κ1) is 22.1. The van der Waals surface area contributed by atoms with Crippen LogP contribution in [0.5, 0.6) is 0 Å². The summed E-state index contributed by atoms with van der Waals surface area (Å²) in [5.41, 5.74) is 0.0860. The summed E-state index contributed by atoms with van der Waals surface area (Å²) in [7, 11) is 0. The maximum atomic E-state index is 13.8. The van der Waals surface area contributed by atoms with Gasteiger partial charge < -0.3 is 10.3 Å². The SMILES string of the molecule is O=C(Nc1cc[nH]c(=O)c1)c1cc(Cl)c(C(F)(F)F)cc1Cc1ccc(F)cc1C1CC1. The van der Waals surface area contributed by atoms with Crippen molar-refractivity contribution in [3.8, 4) is 0 Å². The number of benzene rings is 2. The average molecular weight is 465 g/mol. The molecule has 0 atom stereocenters. The lowest BCUT2D eigenvalue weighted by Gasteiger charge is -2.17. The van der Waals surface area contributed by atoms with E-state index in [-0.39, 0.29) is 29.2 Å². The number of hydrogen-bond acceptors (Lipinski definition) is 2. The highest BCUT2D eigenvalue weighted by Gasteiger charge is 2.35. The Hall–Kier alpha value is -3.13. The molecule has 0 aliphatic heterocycles. The number of H-pyrrole nitrogens is 1. The van der Waals surface area contributed by atoms with Crippen molar-refractivity contribution < 1.29 is 22.4 Å². The number of hydrogen-bond donors (Lipinski definition) is 2. The van der Waals surface area contributed by atoms with Crippen molar-refractivity contribution in [3.05, 3.63) is 97.7 Å². The Bertz CT molecular complexity index is 1250. The molecule has 0 bridgehead atoms. The normalized spacial score (nSPS) is 13.8. The summed E-state index contributed by atoms with van der Waals surface area (Å²) in [5, 5.41) is 1.90. The molecule has 0 spiro atoms. The Balaban J connectivity index is 1.77. The zero-order valence-electron chi connectivity index (χ0n) is 16.5. The lowest BCUT2D eigenvalue weighted by Crippen LogP contribution is -2.18. The third kappa shape index (κ3) is 4.85. The number of anilines is 1. The number of alkyl halides is 3. The number of halogens is 5. The molecule has 1 heterocycles. The quantitative estimate of drug-likeness (QED) is 0.461. The summed E-state index contributed by atoms with van der Waals surface area (Å²) in [6, 6.07) is 8.59. The van der Waals surface area contributed by atoms with Gasteiger partial charge in [-0.3, -0.25) is 9.59 Å². The Morgan fingerprint density at radius 2 is 1.84 bits per heavy atom. The number of carbonyl (C=O) groups is 1. The Morgan fingerprint density at radius 3 is 2.50 bits per heavy atom. The van der Waals surface area contributed by atoms with E-state index in [0.29, 0.717) is 5.56 Å². The first-order chi connectivity index (χ1) is 15.1. The van der Waals surface area contributed by atoms with E-state index >= 15 is 0 Å². The predicted octanol–water partition coefficient (Wildman–Crippen LogP) is 5.91. The van der Waals surface area contributed by atoms with E-state index in [9.17, 15) is 27.2 Å². The van der Waals surface area contributed by atoms with Gasteiger partial charge in [-0.1, -0.05) is 17.7 Å². The van der Waals surface area contributed by atoms with Crippen molar-refractivity contribution in [2.45, 2.75) is 31.4 Å². The van der Waals surface area contributed by atoms with Crippen LogP contribution in [-0.2, 0) is 12.6 Å². The van der Waals surface area contributed by atoms with Crippen LogP contribution in [0.3, 0.4) is 0 Å². The minimum Gasteiger partial charge on any atom is -0.329 e. The molecule has 4 nitrogen and oxygen atoms in total. The van der Waals surface area contributed by atoms with Gasteiger partial charge in [-0.25, -0.2) is 4.39 Å². The van der Waals surface area contributed by atoms with Crippen molar-refractivity contribution in [2.24, 2.45) is 0 Å². The molecule has 1 aromatic heterocycles. The van der Waals surface area contributed by atoms with Crippen LogP contribution in [0.2, 0.25) is 5.02 Å². The minimum atomic E-state index is -4.71. The number of carbonyl (C=O) groups excluding carboxylic acids is 1.